The molecular formula is C20H20N8O2. The quantitative estimate of drug-likeness (QED) is 0.581. The number of nitrogens with zero attached hydrogens (tertiary/aromatic N) is 5. The minimum Gasteiger partial charge on any atom is -0.490 e. The Bertz CT molecular complexity index is 1100. The highest BCUT2D eigenvalue weighted by atomic mass is 16.5. The van der Waals surface area contributed by atoms with Crippen LogP contribution in [0.1, 0.15) is 30.7 Å². The van der Waals surface area contributed by atoms with Crippen LogP contribution in [0.4, 0.5) is 11.6 Å². The summed E-state index contributed by atoms with van der Waals surface area (Å²) in [5.41, 5.74) is 8.75. The molecule has 3 aromatic rings. The summed E-state index contributed by atoms with van der Waals surface area (Å²) in [5, 5.41) is 19.3. The summed E-state index contributed by atoms with van der Waals surface area (Å²) in [6.07, 6.45) is 8.17. The van der Waals surface area contributed by atoms with Crippen molar-refractivity contribution in [2.75, 3.05) is 11.9 Å². The van der Waals surface area contributed by atoms with Crippen LogP contribution in [-0.4, -0.2) is 43.9 Å². The van der Waals surface area contributed by atoms with E-state index in [-0.39, 0.29) is 17.8 Å². The van der Waals surface area contributed by atoms with Gasteiger partial charge >= 0.3 is 0 Å². The molecule has 0 aromatic carbocycles. The Balaban J connectivity index is 1.44. The summed E-state index contributed by atoms with van der Waals surface area (Å²) in [5.74, 6) is 2.42. The maximum Gasteiger partial charge on any atom is 0.158 e. The van der Waals surface area contributed by atoms with Crippen molar-refractivity contribution in [1.82, 2.24) is 25.1 Å². The van der Waals surface area contributed by atoms with E-state index in [1.807, 2.05) is 12.1 Å². The molecule has 1 saturated carbocycles. The first kappa shape index (κ1) is 18.3. The number of hydrogen-bond donors (Lipinski definition) is 3. The van der Waals surface area contributed by atoms with Gasteiger partial charge in [-0.2, -0.15) is 10.4 Å². The lowest BCUT2D eigenvalue weighted by molar-refractivity contribution is 0.207. The van der Waals surface area contributed by atoms with Gasteiger partial charge in [0.15, 0.2) is 23.0 Å². The fraction of sp³-hybridized carbons (Fsp3) is 0.350. The molecular weight excluding hydrogens is 384 g/mol. The van der Waals surface area contributed by atoms with E-state index in [9.17, 15) is 0 Å². The van der Waals surface area contributed by atoms with Gasteiger partial charge in [0.1, 0.15) is 18.0 Å². The molecule has 0 spiro atoms. The van der Waals surface area contributed by atoms with Crippen LogP contribution in [-0.2, 0) is 6.42 Å². The third-order valence-corrected chi connectivity index (χ3v) is 5.25. The maximum atomic E-state index is 8.84. The normalized spacial score (nSPS) is 19.7. The van der Waals surface area contributed by atoms with Crippen LogP contribution in [0.25, 0.3) is 11.3 Å². The van der Waals surface area contributed by atoms with Crippen molar-refractivity contribution >= 4 is 11.6 Å². The molecule has 0 unspecified atom stereocenters. The van der Waals surface area contributed by atoms with Gasteiger partial charge in [-0.15, -0.1) is 0 Å². The van der Waals surface area contributed by atoms with E-state index in [0.29, 0.717) is 24.0 Å². The number of fused-ring (bicyclic) bond motifs is 1. The maximum absolute atomic E-state index is 8.84. The lowest BCUT2D eigenvalue weighted by Crippen LogP contribution is -2.19. The van der Waals surface area contributed by atoms with E-state index in [1.165, 1.54) is 12.4 Å². The second-order valence-corrected chi connectivity index (χ2v) is 7.38. The number of H-pyrrole nitrogens is 1. The number of nitriles is 1. The number of anilines is 2. The molecule has 1 fully saturated rings. The number of nitrogens with one attached hydrogen (secondary N) is 2. The summed E-state index contributed by atoms with van der Waals surface area (Å²) < 4.78 is 12.1. The Morgan fingerprint density at radius 2 is 2.13 bits per heavy atom. The van der Waals surface area contributed by atoms with Gasteiger partial charge in [-0.25, -0.2) is 9.97 Å². The molecule has 152 valence electrons. The van der Waals surface area contributed by atoms with Gasteiger partial charge in [0, 0.05) is 18.5 Å². The van der Waals surface area contributed by atoms with E-state index in [0.717, 1.165) is 48.4 Å². The zero-order valence-electron chi connectivity index (χ0n) is 16.1. The number of ether oxygens (including phenoxy) is 2. The van der Waals surface area contributed by atoms with E-state index in [4.69, 9.17) is 20.5 Å². The molecule has 0 amide bonds. The molecule has 0 saturated heterocycles. The molecule has 5 rings (SSSR count). The first-order valence-corrected chi connectivity index (χ1v) is 9.81. The molecule has 1 aliphatic carbocycles. The summed E-state index contributed by atoms with van der Waals surface area (Å²) in [4.78, 5) is 12.7. The number of rotatable bonds is 5. The highest BCUT2D eigenvalue weighted by Crippen LogP contribution is 2.43. The highest BCUT2D eigenvalue weighted by molar-refractivity contribution is 5.77. The van der Waals surface area contributed by atoms with Crippen molar-refractivity contribution in [2.24, 2.45) is 5.73 Å². The zero-order valence-corrected chi connectivity index (χ0v) is 16.1. The van der Waals surface area contributed by atoms with Crippen molar-refractivity contribution in [3.05, 3.63) is 36.0 Å². The van der Waals surface area contributed by atoms with E-state index < -0.39 is 0 Å². The Hall–Kier alpha value is -3.71. The molecule has 0 radical (unpaired) electrons. The molecule has 1 aliphatic heterocycles. The first-order valence-electron chi connectivity index (χ1n) is 9.81. The summed E-state index contributed by atoms with van der Waals surface area (Å²) in [6.45, 7) is 0.590. The molecule has 10 nitrogen and oxygen atoms in total. The van der Waals surface area contributed by atoms with Crippen molar-refractivity contribution in [3.63, 3.8) is 0 Å². The van der Waals surface area contributed by atoms with Crippen LogP contribution >= 0.6 is 0 Å². The second-order valence-electron chi connectivity index (χ2n) is 7.38. The Kier molecular flexibility index (Phi) is 4.65. The van der Waals surface area contributed by atoms with Crippen LogP contribution in [0, 0.1) is 11.3 Å². The minimum atomic E-state index is 0.0643. The predicted octanol–water partition coefficient (Wildman–Crippen LogP) is 2.07. The lowest BCUT2D eigenvalue weighted by atomic mass is 10.1. The third kappa shape index (κ3) is 3.51. The van der Waals surface area contributed by atoms with Crippen LogP contribution < -0.4 is 20.5 Å². The van der Waals surface area contributed by atoms with E-state index >= 15 is 0 Å². The first-order chi connectivity index (χ1) is 14.7. The zero-order chi connectivity index (χ0) is 20.5. The molecule has 10 heteroatoms. The van der Waals surface area contributed by atoms with Crippen LogP contribution in [0.3, 0.4) is 0 Å². The van der Waals surface area contributed by atoms with Gasteiger partial charge in [0.2, 0.25) is 0 Å². The topological polar surface area (TPSA) is 148 Å². The highest BCUT2D eigenvalue weighted by Gasteiger charge is 2.28. The van der Waals surface area contributed by atoms with Crippen LogP contribution in [0.5, 0.6) is 11.5 Å². The molecule has 3 aromatic heterocycles. The predicted molar refractivity (Wildman–Crippen MR) is 107 cm³/mol. The average Bonchev–Trinajstić information content (AvgIpc) is 3.50. The largest absolute Gasteiger partial charge is 0.490 e. The molecule has 2 aliphatic rings. The fourth-order valence-electron chi connectivity index (χ4n) is 3.80. The van der Waals surface area contributed by atoms with E-state index in [2.05, 4.69) is 30.5 Å². The average molecular weight is 404 g/mol. The van der Waals surface area contributed by atoms with E-state index in [1.54, 1.807) is 6.20 Å². The Morgan fingerprint density at radius 1 is 1.20 bits per heavy atom. The fourth-order valence-corrected chi connectivity index (χ4v) is 3.80. The summed E-state index contributed by atoms with van der Waals surface area (Å²) >= 11 is 0. The molecule has 4 N–H and O–H groups in total. The van der Waals surface area contributed by atoms with Crippen molar-refractivity contribution in [2.45, 2.75) is 37.8 Å². The minimum absolute atomic E-state index is 0.0643. The lowest BCUT2D eigenvalue weighted by Gasteiger charge is -2.17. The summed E-state index contributed by atoms with van der Waals surface area (Å²) in [6, 6.07) is 3.97. The Morgan fingerprint density at radius 3 is 2.90 bits per heavy atom. The molecule has 4 heterocycles. The number of hydrogen-bond acceptors (Lipinski definition) is 9. The number of pyridine rings is 1. The van der Waals surface area contributed by atoms with Gasteiger partial charge in [-0.05, 0) is 19.3 Å². The smallest absolute Gasteiger partial charge is 0.158 e. The van der Waals surface area contributed by atoms with Gasteiger partial charge in [-0.3, -0.25) is 10.1 Å². The SMILES string of the molecule is N#Cc1cnc(Nc2cc(-c3c(O[C@@H]4CC[C@@H](N)C4)cnc4c3OCC4)[nH]n2)cn1. The van der Waals surface area contributed by atoms with Crippen molar-refractivity contribution in [1.29, 1.82) is 5.26 Å². The van der Waals surface area contributed by atoms with Crippen LogP contribution in [0.15, 0.2) is 24.7 Å². The van der Waals surface area contributed by atoms with Gasteiger partial charge < -0.3 is 20.5 Å². The molecule has 0 bridgehead atoms. The van der Waals surface area contributed by atoms with Gasteiger partial charge in [0.05, 0.1) is 42.1 Å². The number of aromatic nitrogens is 5. The van der Waals surface area contributed by atoms with Gasteiger partial charge in [0.25, 0.3) is 0 Å². The molecule has 2 atom stereocenters. The summed E-state index contributed by atoms with van der Waals surface area (Å²) in [7, 11) is 0. The number of aromatic amines is 1. The Labute approximate surface area is 172 Å². The second kappa shape index (κ2) is 7.61. The van der Waals surface area contributed by atoms with Gasteiger partial charge in [-0.1, -0.05) is 0 Å². The van der Waals surface area contributed by atoms with Crippen molar-refractivity contribution < 1.29 is 9.47 Å². The van der Waals surface area contributed by atoms with Crippen molar-refractivity contribution in [3.8, 4) is 28.8 Å². The third-order valence-electron chi connectivity index (χ3n) is 5.25. The molecule has 30 heavy (non-hydrogen) atoms. The number of nitrogens with two attached hydrogens (primary N) is 1. The van der Waals surface area contributed by atoms with Crippen LogP contribution in [0.2, 0.25) is 0 Å². The monoisotopic (exact) mass is 404 g/mol. The standard InChI is InChI=1S/C20H20N8O2/c21-7-12-8-25-18(10-23-12)26-17-6-15(27-28-17)19-16(30-13-2-1-11(22)5-13)9-24-14-3-4-29-20(14)19/h6,8-11,13H,1-5,22H2,(H2,25,26,27,28)/t11-,13-/m1/s1.